The van der Waals surface area contributed by atoms with Crippen LogP contribution in [0.25, 0.3) is 16.5 Å². The first-order chi connectivity index (χ1) is 13.9. The third kappa shape index (κ3) is 2.90. The van der Waals surface area contributed by atoms with Crippen molar-refractivity contribution in [2.75, 3.05) is 12.4 Å². The molecule has 0 aromatic carbocycles. The van der Waals surface area contributed by atoms with Gasteiger partial charge < -0.3 is 15.6 Å². The number of hydrogen-bond donors (Lipinski definition) is 3. The number of aromatic amines is 1. The van der Waals surface area contributed by atoms with E-state index < -0.39 is 5.66 Å². The lowest BCUT2D eigenvalue weighted by Crippen LogP contribution is -2.52. The van der Waals surface area contributed by atoms with Crippen molar-refractivity contribution in [2.24, 2.45) is 0 Å². The number of anilines is 1. The van der Waals surface area contributed by atoms with Gasteiger partial charge in [-0.05, 0) is 45.1 Å². The maximum absolute atomic E-state index is 13.3. The van der Waals surface area contributed by atoms with E-state index in [-0.39, 0.29) is 17.0 Å². The molecule has 8 heteroatoms. The highest BCUT2D eigenvalue weighted by Gasteiger charge is 2.48. The third-order valence-electron chi connectivity index (χ3n) is 6.11. The molecule has 2 fully saturated rings. The van der Waals surface area contributed by atoms with Crippen LogP contribution in [0.15, 0.2) is 22.8 Å². The van der Waals surface area contributed by atoms with Gasteiger partial charge in [0.25, 0.3) is 5.91 Å². The van der Waals surface area contributed by atoms with Crippen molar-refractivity contribution in [1.29, 1.82) is 0 Å². The molecule has 0 bridgehead atoms. The van der Waals surface area contributed by atoms with Gasteiger partial charge in [0, 0.05) is 30.6 Å². The van der Waals surface area contributed by atoms with E-state index in [1.54, 1.807) is 27.0 Å². The average molecular weight is 395 g/mol. The van der Waals surface area contributed by atoms with Gasteiger partial charge in [-0.15, -0.1) is 0 Å². The number of fused-ring (bicyclic) bond motifs is 1. The number of pyridine rings is 2. The molecule has 2 amide bonds. The standard InChI is InChI=1S/C21H25N5O3/c1-12(18-20(29)25-21(26(18)11-27)7-5-4-6-8-21)17-13(2)24-15-9-16(22-3)23-10-14(15)19(17)28/h9-11H,4-8H2,1-3H3,(H,22,23)(H,24,28)(H,25,29)/b18-12-. The maximum Gasteiger partial charge on any atom is 0.270 e. The normalized spacial score (nSPS) is 20.1. The van der Waals surface area contributed by atoms with Crippen LogP contribution in [0.1, 0.15) is 50.3 Å². The topological polar surface area (TPSA) is 107 Å². The minimum Gasteiger partial charge on any atom is -0.373 e. The lowest BCUT2D eigenvalue weighted by atomic mass is 9.88. The second-order valence-electron chi connectivity index (χ2n) is 7.81. The predicted octanol–water partition coefficient (Wildman–Crippen LogP) is 2.25. The Kier molecular flexibility index (Phi) is 4.64. The summed E-state index contributed by atoms with van der Waals surface area (Å²) in [4.78, 5) is 47.2. The summed E-state index contributed by atoms with van der Waals surface area (Å²) in [7, 11) is 1.76. The Morgan fingerprint density at radius 3 is 2.66 bits per heavy atom. The van der Waals surface area contributed by atoms with Gasteiger partial charge in [-0.3, -0.25) is 19.3 Å². The van der Waals surface area contributed by atoms with Crippen LogP contribution >= 0.6 is 0 Å². The number of hydrogen-bond acceptors (Lipinski definition) is 5. The minimum atomic E-state index is -0.672. The van der Waals surface area contributed by atoms with Crippen LogP contribution in [-0.2, 0) is 9.59 Å². The second-order valence-corrected chi connectivity index (χ2v) is 7.81. The molecule has 0 atom stereocenters. The van der Waals surface area contributed by atoms with Crippen LogP contribution in [0, 0.1) is 6.92 Å². The molecule has 1 aliphatic carbocycles. The van der Waals surface area contributed by atoms with Crippen molar-refractivity contribution < 1.29 is 9.59 Å². The Bertz CT molecular complexity index is 1100. The zero-order valence-electron chi connectivity index (χ0n) is 16.9. The van der Waals surface area contributed by atoms with Crippen molar-refractivity contribution in [3.63, 3.8) is 0 Å². The van der Waals surface area contributed by atoms with Gasteiger partial charge in [0.2, 0.25) is 6.41 Å². The Hall–Kier alpha value is -3.16. The average Bonchev–Trinajstić information content (AvgIpc) is 2.98. The lowest BCUT2D eigenvalue weighted by molar-refractivity contribution is -0.121. The number of aromatic nitrogens is 2. The molecule has 4 rings (SSSR count). The first kappa shape index (κ1) is 19.2. The zero-order valence-corrected chi connectivity index (χ0v) is 16.9. The number of nitrogens with zero attached hydrogens (tertiary/aromatic N) is 2. The number of allylic oxidation sites excluding steroid dienone is 1. The third-order valence-corrected chi connectivity index (χ3v) is 6.11. The van der Waals surface area contributed by atoms with E-state index in [1.807, 2.05) is 0 Å². The minimum absolute atomic E-state index is 0.209. The second kappa shape index (κ2) is 7.02. The fourth-order valence-electron chi connectivity index (χ4n) is 4.68. The van der Waals surface area contributed by atoms with Crippen LogP contribution < -0.4 is 16.1 Å². The number of carbonyl (C=O) groups excluding carboxylic acids is 2. The molecule has 0 radical (unpaired) electrons. The first-order valence-corrected chi connectivity index (χ1v) is 9.90. The summed E-state index contributed by atoms with van der Waals surface area (Å²) < 4.78 is 0. The molecule has 29 heavy (non-hydrogen) atoms. The molecule has 3 heterocycles. The van der Waals surface area contributed by atoms with E-state index in [4.69, 9.17) is 0 Å². The van der Waals surface area contributed by atoms with Crippen LogP contribution in [0.4, 0.5) is 5.82 Å². The van der Waals surface area contributed by atoms with Crippen LogP contribution in [-0.4, -0.2) is 39.9 Å². The Morgan fingerprint density at radius 1 is 1.28 bits per heavy atom. The molecular formula is C21H25N5O3. The lowest BCUT2D eigenvalue weighted by Gasteiger charge is -2.38. The number of carbonyl (C=O) groups is 2. The molecule has 1 saturated heterocycles. The quantitative estimate of drug-likeness (QED) is 0.546. The molecule has 2 aliphatic rings. The van der Waals surface area contributed by atoms with Crippen molar-refractivity contribution >= 4 is 34.6 Å². The van der Waals surface area contributed by atoms with Gasteiger partial charge in [0.05, 0.1) is 10.9 Å². The summed E-state index contributed by atoms with van der Waals surface area (Å²) in [5.74, 6) is 0.343. The molecule has 1 spiro atoms. The highest BCUT2D eigenvalue weighted by molar-refractivity contribution is 6.05. The van der Waals surface area contributed by atoms with Crippen molar-refractivity contribution in [2.45, 2.75) is 51.6 Å². The summed E-state index contributed by atoms with van der Waals surface area (Å²) in [5.41, 5.74) is 1.59. The maximum atomic E-state index is 13.3. The summed E-state index contributed by atoms with van der Waals surface area (Å²) in [6, 6.07) is 1.77. The van der Waals surface area contributed by atoms with Crippen molar-refractivity contribution in [3.05, 3.63) is 39.4 Å². The zero-order chi connectivity index (χ0) is 20.8. The molecule has 3 N–H and O–H groups in total. The van der Waals surface area contributed by atoms with Gasteiger partial charge in [0.1, 0.15) is 17.2 Å². The largest absolute Gasteiger partial charge is 0.373 e. The van der Waals surface area contributed by atoms with E-state index in [0.29, 0.717) is 40.0 Å². The van der Waals surface area contributed by atoms with Gasteiger partial charge in [-0.1, -0.05) is 6.42 Å². The predicted molar refractivity (Wildman–Crippen MR) is 111 cm³/mol. The molecule has 2 aromatic heterocycles. The SMILES string of the molecule is CNc1cc2[nH]c(C)c(/C(C)=C3/C(=O)NC4(CCCCC4)N3C=O)c(=O)c2cn1. The molecule has 2 aromatic rings. The van der Waals surface area contributed by atoms with E-state index in [0.717, 1.165) is 32.1 Å². The number of amides is 2. The number of nitrogens with one attached hydrogen (secondary N) is 3. The van der Waals surface area contributed by atoms with Crippen LogP contribution in [0.5, 0.6) is 0 Å². The molecule has 8 nitrogen and oxygen atoms in total. The van der Waals surface area contributed by atoms with E-state index in [2.05, 4.69) is 20.6 Å². The Labute approximate surface area is 168 Å². The summed E-state index contributed by atoms with van der Waals surface area (Å²) in [6.07, 6.45) is 6.67. The monoisotopic (exact) mass is 395 g/mol. The molecule has 1 aliphatic heterocycles. The van der Waals surface area contributed by atoms with Crippen LogP contribution in [0.2, 0.25) is 0 Å². The van der Waals surface area contributed by atoms with Gasteiger partial charge in [0.15, 0.2) is 5.43 Å². The van der Waals surface area contributed by atoms with Crippen molar-refractivity contribution in [1.82, 2.24) is 20.2 Å². The smallest absolute Gasteiger partial charge is 0.270 e. The highest BCUT2D eigenvalue weighted by Crippen LogP contribution is 2.39. The highest BCUT2D eigenvalue weighted by atomic mass is 16.2. The van der Waals surface area contributed by atoms with E-state index in [9.17, 15) is 14.4 Å². The fraction of sp³-hybridized carbons (Fsp3) is 0.429. The Morgan fingerprint density at radius 2 is 2.00 bits per heavy atom. The molecule has 0 unspecified atom stereocenters. The molecular weight excluding hydrogens is 370 g/mol. The molecule has 1 saturated carbocycles. The fourth-order valence-corrected chi connectivity index (χ4v) is 4.68. The first-order valence-electron chi connectivity index (χ1n) is 9.90. The van der Waals surface area contributed by atoms with Gasteiger partial charge in [-0.2, -0.15) is 0 Å². The summed E-state index contributed by atoms with van der Waals surface area (Å²) in [5, 5.41) is 6.42. The number of H-pyrrole nitrogens is 1. The summed E-state index contributed by atoms with van der Waals surface area (Å²) in [6.45, 7) is 3.53. The van der Waals surface area contributed by atoms with E-state index in [1.165, 1.54) is 11.1 Å². The molecule has 152 valence electrons. The summed E-state index contributed by atoms with van der Waals surface area (Å²) >= 11 is 0. The number of rotatable bonds is 3. The van der Waals surface area contributed by atoms with Crippen LogP contribution in [0.3, 0.4) is 0 Å². The van der Waals surface area contributed by atoms with Gasteiger partial charge >= 0.3 is 0 Å². The van der Waals surface area contributed by atoms with E-state index >= 15 is 0 Å². The van der Waals surface area contributed by atoms with Crippen molar-refractivity contribution in [3.8, 4) is 0 Å². The number of aryl methyl sites for hydroxylation is 1. The Balaban J connectivity index is 1.90. The van der Waals surface area contributed by atoms with Gasteiger partial charge in [-0.25, -0.2) is 4.98 Å².